The van der Waals surface area contributed by atoms with Crippen molar-refractivity contribution in [3.63, 3.8) is 0 Å². The SMILES string of the molecule is COC(=O)C(C)N(C(=O)c1ccco1)c1c(C)cccc1C.COCC(=O)N(c1c(C)cccc1C)N1CCOC1=O. The van der Waals surface area contributed by atoms with Gasteiger partial charge in [-0.05, 0) is 69.0 Å². The van der Waals surface area contributed by atoms with Crippen LogP contribution in [0.5, 0.6) is 0 Å². The predicted molar refractivity (Wildman–Crippen MR) is 156 cm³/mol. The molecule has 0 bridgehead atoms. The van der Waals surface area contributed by atoms with Crippen molar-refractivity contribution in [3.05, 3.63) is 82.8 Å². The van der Waals surface area contributed by atoms with Gasteiger partial charge in [0.2, 0.25) is 0 Å². The molecule has 4 rings (SSSR count). The first kappa shape index (κ1) is 31.9. The number of nitrogens with zero attached hydrogens (tertiary/aromatic N) is 3. The molecule has 1 unspecified atom stereocenters. The van der Waals surface area contributed by atoms with Crippen molar-refractivity contribution in [1.29, 1.82) is 0 Å². The number of amides is 3. The van der Waals surface area contributed by atoms with Gasteiger partial charge in [0.05, 0.1) is 31.3 Å². The van der Waals surface area contributed by atoms with Crippen LogP contribution < -0.4 is 9.91 Å². The molecule has 42 heavy (non-hydrogen) atoms. The molecule has 0 radical (unpaired) electrons. The van der Waals surface area contributed by atoms with Gasteiger partial charge >= 0.3 is 12.1 Å². The highest BCUT2D eigenvalue weighted by Crippen LogP contribution is 2.29. The van der Waals surface area contributed by atoms with E-state index in [4.69, 9.17) is 18.6 Å². The molecule has 1 saturated heterocycles. The molecule has 11 nitrogen and oxygen atoms in total. The van der Waals surface area contributed by atoms with Crippen molar-refractivity contribution in [2.75, 3.05) is 43.9 Å². The van der Waals surface area contributed by atoms with Gasteiger partial charge in [-0.3, -0.25) is 14.5 Å². The summed E-state index contributed by atoms with van der Waals surface area (Å²) >= 11 is 0. The summed E-state index contributed by atoms with van der Waals surface area (Å²) in [5.41, 5.74) is 5.02. The van der Waals surface area contributed by atoms with Crippen LogP contribution in [0.1, 0.15) is 39.7 Å². The average molecular weight is 580 g/mol. The van der Waals surface area contributed by atoms with Crippen LogP contribution in [0.3, 0.4) is 0 Å². The number of para-hydroxylation sites is 2. The van der Waals surface area contributed by atoms with E-state index in [0.717, 1.165) is 22.3 Å². The van der Waals surface area contributed by atoms with E-state index >= 15 is 0 Å². The van der Waals surface area contributed by atoms with Crippen molar-refractivity contribution in [2.45, 2.75) is 40.7 Å². The highest BCUT2D eigenvalue weighted by atomic mass is 16.6. The average Bonchev–Trinajstić information content (AvgIpc) is 3.65. The molecule has 1 aliphatic heterocycles. The highest BCUT2D eigenvalue weighted by molar-refractivity contribution is 6.08. The summed E-state index contributed by atoms with van der Waals surface area (Å²) in [6.07, 6.45) is 0.913. The van der Waals surface area contributed by atoms with Crippen LogP contribution in [0.15, 0.2) is 59.2 Å². The second-order valence-electron chi connectivity index (χ2n) is 9.71. The standard InChI is InChI=1S/C17H19NO4.C14H18N2O4/c1-11-7-5-8-12(2)15(11)18(13(3)17(20)21-4)16(19)14-9-6-10-22-14;1-10-5-4-6-11(2)13(10)16(12(17)9-19-3)15-7-8-20-14(15)18/h5-10,13H,1-4H3;4-6H,7-9H2,1-3H3. The van der Waals surface area contributed by atoms with Gasteiger partial charge in [0.15, 0.2) is 5.76 Å². The molecule has 0 saturated carbocycles. The van der Waals surface area contributed by atoms with Crippen LogP contribution in [0.2, 0.25) is 0 Å². The smallest absolute Gasteiger partial charge is 0.429 e. The number of rotatable bonds is 8. The molecule has 0 aliphatic carbocycles. The zero-order valence-corrected chi connectivity index (χ0v) is 25.0. The Kier molecular flexibility index (Phi) is 10.9. The van der Waals surface area contributed by atoms with Gasteiger partial charge < -0.3 is 18.6 Å². The van der Waals surface area contributed by atoms with Crippen LogP contribution >= 0.6 is 0 Å². The summed E-state index contributed by atoms with van der Waals surface area (Å²) in [5, 5.41) is 2.68. The summed E-state index contributed by atoms with van der Waals surface area (Å²) in [5.74, 6) is -0.981. The lowest BCUT2D eigenvalue weighted by molar-refractivity contribution is -0.141. The largest absolute Gasteiger partial charge is 0.467 e. The molecule has 1 aliphatic rings. The normalized spacial score (nSPS) is 13.0. The van der Waals surface area contributed by atoms with Gasteiger partial charge in [-0.1, -0.05) is 36.4 Å². The van der Waals surface area contributed by atoms with Crippen LogP contribution in [-0.4, -0.2) is 68.9 Å². The number of carbonyl (C=O) groups excluding carboxylic acids is 4. The fraction of sp³-hybridized carbons (Fsp3) is 0.355. The number of benzene rings is 2. The monoisotopic (exact) mass is 579 g/mol. The minimum Gasteiger partial charge on any atom is -0.467 e. The summed E-state index contributed by atoms with van der Waals surface area (Å²) in [4.78, 5) is 50.3. The van der Waals surface area contributed by atoms with Gasteiger partial charge in [0.1, 0.15) is 19.3 Å². The predicted octanol–water partition coefficient (Wildman–Crippen LogP) is 4.75. The Bertz CT molecular complexity index is 1380. The Balaban J connectivity index is 0.000000231. The van der Waals surface area contributed by atoms with E-state index < -0.39 is 18.1 Å². The molecule has 224 valence electrons. The molecule has 1 atom stereocenters. The van der Waals surface area contributed by atoms with E-state index in [-0.39, 0.29) is 30.8 Å². The van der Waals surface area contributed by atoms with Gasteiger partial charge in [-0.15, -0.1) is 0 Å². The molecule has 3 aromatic rings. The van der Waals surface area contributed by atoms with Gasteiger partial charge in [-0.25, -0.2) is 19.6 Å². The first-order valence-electron chi connectivity index (χ1n) is 13.4. The highest BCUT2D eigenvalue weighted by Gasteiger charge is 2.34. The molecule has 1 fully saturated rings. The number of carbonyl (C=O) groups is 4. The van der Waals surface area contributed by atoms with Crippen LogP contribution in [0.4, 0.5) is 16.2 Å². The Labute approximate surface area is 245 Å². The number of methoxy groups -OCH3 is 2. The van der Waals surface area contributed by atoms with E-state index in [1.54, 1.807) is 19.1 Å². The van der Waals surface area contributed by atoms with Gasteiger partial charge in [-0.2, -0.15) is 0 Å². The fourth-order valence-electron chi connectivity index (χ4n) is 4.72. The first-order chi connectivity index (χ1) is 20.0. The van der Waals surface area contributed by atoms with E-state index in [1.807, 2.05) is 64.1 Å². The second kappa shape index (κ2) is 14.3. The molecule has 3 amide bonds. The molecule has 2 heterocycles. The number of cyclic esters (lactones) is 1. The molecule has 0 N–H and O–H groups in total. The molecular weight excluding hydrogens is 542 g/mol. The number of ether oxygens (including phenoxy) is 3. The number of anilines is 2. The van der Waals surface area contributed by atoms with Crippen molar-refractivity contribution >= 4 is 35.3 Å². The number of hydrogen-bond donors (Lipinski definition) is 0. The van der Waals surface area contributed by atoms with E-state index in [2.05, 4.69) is 0 Å². The Morgan fingerprint density at radius 1 is 0.905 bits per heavy atom. The number of aryl methyl sites for hydroxylation is 4. The van der Waals surface area contributed by atoms with Gasteiger partial charge in [0.25, 0.3) is 11.8 Å². The third-order valence-corrected chi connectivity index (χ3v) is 6.70. The van der Waals surface area contributed by atoms with Crippen LogP contribution in [0, 0.1) is 27.7 Å². The van der Waals surface area contributed by atoms with E-state index in [0.29, 0.717) is 17.9 Å². The fourth-order valence-corrected chi connectivity index (χ4v) is 4.72. The number of hydrogen-bond acceptors (Lipinski definition) is 8. The number of esters is 1. The maximum atomic E-state index is 12.8. The van der Waals surface area contributed by atoms with Crippen LogP contribution in [0.25, 0.3) is 0 Å². The third-order valence-electron chi connectivity index (χ3n) is 6.70. The van der Waals surface area contributed by atoms with Crippen molar-refractivity contribution in [1.82, 2.24) is 5.01 Å². The van der Waals surface area contributed by atoms with Crippen molar-refractivity contribution < 1.29 is 37.8 Å². The summed E-state index contributed by atoms with van der Waals surface area (Å²) in [7, 11) is 2.75. The Hall–Kier alpha value is -4.64. The lowest BCUT2D eigenvalue weighted by Crippen LogP contribution is -2.49. The topological polar surface area (TPSA) is 119 Å². The molecule has 11 heteroatoms. The molecule has 0 spiro atoms. The summed E-state index contributed by atoms with van der Waals surface area (Å²) in [6, 6.07) is 13.9. The second-order valence-corrected chi connectivity index (χ2v) is 9.71. The lowest BCUT2D eigenvalue weighted by atomic mass is 10.1. The third kappa shape index (κ3) is 6.98. The number of hydrazine groups is 1. The Morgan fingerprint density at radius 2 is 1.48 bits per heavy atom. The molecular formula is C31H37N3O8. The quantitative estimate of drug-likeness (QED) is 0.351. The molecule has 2 aromatic carbocycles. The van der Waals surface area contributed by atoms with Crippen molar-refractivity contribution in [3.8, 4) is 0 Å². The maximum absolute atomic E-state index is 12.8. The maximum Gasteiger partial charge on any atom is 0.429 e. The minimum atomic E-state index is -0.762. The molecule has 1 aromatic heterocycles. The van der Waals surface area contributed by atoms with Crippen LogP contribution in [-0.2, 0) is 23.8 Å². The minimum absolute atomic E-state index is 0.0996. The van der Waals surface area contributed by atoms with Gasteiger partial charge in [0, 0.05) is 7.11 Å². The van der Waals surface area contributed by atoms with E-state index in [1.165, 1.54) is 35.4 Å². The number of furan rings is 1. The zero-order valence-electron chi connectivity index (χ0n) is 25.0. The summed E-state index contributed by atoms with van der Waals surface area (Å²) < 4.78 is 19.8. The first-order valence-corrected chi connectivity index (χ1v) is 13.4. The zero-order chi connectivity index (χ0) is 31.0. The van der Waals surface area contributed by atoms with Crippen molar-refractivity contribution in [2.24, 2.45) is 0 Å². The lowest BCUT2D eigenvalue weighted by Gasteiger charge is -2.31. The summed E-state index contributed by atoms with van der Waals surface area (Å²) in [6.45, 7) is 9.76. The Morgan fingerprint density at radius 3 is 1.93 bits per heavy atom. The van der Waals surface area contributed by atoms with E-state index in [9.17, 15) is 19.2 Å².